The van der Waals surface area contributed by atoms with Gasteiger partial charge in [0.1, 0.15) is 12.2 Å². The summed E-state index contributed by atoms with van der Waals surface area (Å²) in [6.07, 6.45) is 1.60. The highest BCUT2D eigenvalue weighted by molar-refractivity contribution is 5.77. The lowest BCUT2D eigenvalue weighted by Gasteiger charge is -2.22. The molecule has 1 aliphatic carbocycles. The molecule has 4 heteroatoms. The highest BCUT2D eigenvalue weighted by Gasteiger charge is 2.53. The summed E-state index contributed by atoms with van der Waals surface area (Å²) in [7, 11) is 0. The third-order valence-corrected chi connectivity index (χ3v) is 5.05. The third-order valence-electron chi connectivity index (χ3n) is 5.05. The first-order chi connectivity index (χ1) is 11.7. The molecule has 24 heavy (non-hydrogen) atoms. The lowest BCUT2D eigenvalue weighted by atomic mass is 9.99. The maximum absolute atomic E-state index is 11.6. The Bertz CT molecular complexity index is 669. The molecule has 1 spiro atoms. The Kier molecular flexibility index (Phi) is 3.87. The Morgan fingerprint density at radius 2 is 1.42 bits per heavy atom. The van der Waals surface area contributed by atoms with E-state index in [1.165, 1.54) is 0 Å². The van der Waals surface area contributed by atoms with Crippen molar-refractivity contribution >= 4 is 5.91 Å². The molecule has 1 heterocycles. The zero-order valence-corrected chi connectivity index (χ0v) is 13.4. The first-order valence-corrected chi connectivity index (χ1v) is 8.42. The molecular weight excluding hydrogens is 302 g/mol. The fourth-order valence-electron chi connectivity index (χ4n) is 3.82. The maximum atomic E-state index is 11.6. The van der Waals surface area contributed by atoms with Gasteiger partial charge in [-0.15, -0.1) is 0 Å². The Morgan fingerprint density at radius 1 is 0.917 bits per heavy atom. The predicted molar refractivity (Wildman–Crippen MR) is 89.8 cm³/mol. The van der Waals surface area contributed by atoms with Gasteiger partial charge in [0.15, 0.2) is 5.79 Å². The summed E-state index contributed by atoms with van der Waals surface area (Å²) in [5.74, 6) is -1.14. The van der Waals surface area contributed by atoms with E-state index in [1.807, 2.05) is 36.4 Å². The van der Waals surface area contributed by atoms with Crippen LogP contribution in [-0.2, 0) is 14.3 Å². The molecule has 4 nitrogen and oxygen atoms in total. The molecule has 2 N–H and O–H groups in total. The van der Waals surface area contributed by atoms with Gasteiger partial charge in [-0.05, 0) is 17.5 Å². The molecule has 0 aromatic heterocycles. The first kappa shape index (κ1) is 15.4. The second kappa shape index (κ2) is 6.04. The summed E-state index contributed by atoms with van der Waals surface area (Å²) >= 11 is 0. The monoisotopic (exact) mass is 323 g/mol. The molecular formula is C20H21NO3. The van der Waals surface area contributed by atoms with Crippen LogP contribution in [-0.4, -0.2) is 11.7 Å². The minimum absolute atomic E-state index is 0.170. The van der Waals surface area contributed by atoms with Gasteiger partial charge in [-0.2, -0.15) is 0 Å². The second-order valence-corrected chi connectivity index (χ2v) is 6.65. The van der Waals surface area contributed by atoms with E-state index >= 15 is 0 Å². The fraction of sp³-hybridized carbons (Fsp3) is 0.350. The number of hydrogen-bond acceptors (Lipinski definition) is 3. The number of benzene rings is 2. The molecule has 1 saturated carbocycles. The highest BCUT2D eigenvalue weighted by atomic mass is 16.8. The number of carbonyl (C=O) groups excluding carboxylic acids is 1. The molecule has 1 amide bonds. The van der Waals surface area contributed by atoms with E-state index in [0.29, 0.717) is 12.8 Å². The number of amides is 1. The topological polar surface area (TPSA) is 61.6 Å². The van der Waals surface area contributed by atoms with E-state index in [9.17, 15) is 4.79 Å². The van der Waals surface area contributed by atoms with Crippen molar-refractivity contribution in [3.8, 4) is 0 Å². The van der Waals surface area contributed by atoms with Gasteiger partial charge in [0.05, 0.1) is 0 Å². The summed E-state index contributed by atoms with van der Waals surface area (Å²) in [5.41, 5.74) is 7.67. The molecule has 2 aliphatic rings. The molecule has 124 valence electrons. The van der Waals surface area contributed by atoms with Gasteiger partial charge in [0.25, 0.3) is 0 Å². The lowest BCUT2D eigenvalue weighted by Crippen LogP contribution is -2.29. The van der Waals surface area contributed by atoms with Gasteiger partial charge in [-0.3, -0.25) is 4.79 Å². The number of primary amides is 1. The summed E-state index contributed by atoms with van der Waals surface area (Å²) in [6, 6.07) is 20.2. The SMILES string of the molecule is NC(=O)[C@H]1CCC2(C1)O[C@H](c1ccccc1)[C@@H](c1ccccc1)O2. The van der Waals surface area contributed by atoms with E-state index in [1.54, 1.807) is 0 Å². The number of nitrogens with two attached hydrogens (primary N) is 1. The zero-order valence-electron chi connectivity index (χ0n) is 13.4. The first-order valence-electron chi connectivity index (χ1n) is 8.42. The third kappa shape index (κ3) is 2.72. The molecule has 2 aromatic rings. The highest BCUT2D eigenvalue weighted by Crippen LogP contribution is 2.54. The molecule has 1 aliphatic heterocycles. The summed E-state index contributed by atoms with van der Waals surface area (Å²) in [4.78, 5) is 11.6. The minimum atomic E-state index is -0.708. The lowest BCUT2D eigenvalue weighted by molar-refractivity contribution is -0.173. The molecule has 0 bridgehead atoms. The van der Waals surface area contributed by atoms with Crippen LogP contribution in [0.1, 0.15) is 42.6 Å². The van der Waals surface area contributed by atoms with Crippen molar-refractivity contribution in [3.63, 3.8) is 0 Å². The van der Waals surface area contributed by atoms with Crippen LogP contribution in [0.15, 0.2) is 60.7 Å². The van der Waals surface area contributed by atoms with Crippen molar-refractivity contribution in [2.45, 2.75) is 37.3 Å². The normalized spacial score (nSPS) is 28.2. The largest absolute Gasteiger partial charge is 0.369 e. The predicted octanol–water partition coefficient (Wildman–Crippen LogP) is 3.50. The zero-order chi connectivity index (χ0) is 16.6. The molecule has 4 rings (SSSR count). The van der Waals surface area contributed by atoms with Crippen LogP contribution >= 0.6 is 0 Å². The van der Waals surface area contributed by atoms with Crippen molar-refractivity contribution in [1.29, 1.82) is 0 Å². The Balaban J connectivity index is 1.67. The molecule has 0 unspecified atom stereocenters. The van der Waals surface area contributed by atoms with Crippen molar-refractivity contribution < 1.29 is 14.3 Å². The molecule has 0 radical (unpaired) electrons. The molecule has 2 aromatic carbocycles. The Labute approximate surface area is 141 Å². The van der Waals surface area contributed by atoms with Crippen LogP contribution in [0.5, 0.6) is 0 Å². The smallest absolute Gasteiger partial charge is 0.220 e. The van der Waals surface area contributed by atoms with Gasteiger partial charge in [-0.1, -0.05) is 60.7 Å². The van der Waals surface area contributed by atoms with Gasteiger partial charge < -0.3 is 15.2 Å². The van der Waals surface area contributed by atoms with Crippen LogP contribution in [0.3, 0.4) is 0 Å². The Morgan fingerprint density at radius 3 is 1.83 bits per heavy atom. The Hall–Kier alpha value is -2.17. The average Bonchev–Trinajstić information content (AvgIpc) is 3.21. The standard InChI is InChI=1S/C20H21NO3/c21-19(22)16-11-12-20(13-16)23-17(14-7-3-1-4-8-14)18(24-20)15-9-5-2-6-10-15/h1-10,16-18H,11-13H2,(H2,21,22)/t16-,17+,18+/m0/s1. The number of ether oxygens (including phenoxy) is 2. The summed E-state index contributed by atoms with van der Waals surface area (Å²) < 4.78 is 12.8. The second-order valence-electron chi connectivity index (χ2n) is 6.65. The quantitative estimate of drug-likeness (QED) is 0.940. The summed E-state index contributed by atoms with van der Waals surface area (Å²) in [5, 5.41) is 0. The van der Waals surface area contributed by atoms with Crippen LogP contribution in [0.25, 0.3) is 0 Å². The minimum Gasteiger partial charge on any atom is -0.369 e. The maximum Gasteiger partial charge on any atom is 0.220 e. The van der Waals surface area contributed by atoms with Crippen molar-refractivity contribution in [2.75, 3.05) is 0 Å². The van der Waals surface area contributed by atoms with Crippen molar-refractivity contribution in [2.24, 2.45) is 11.7 Å². The average molecular weight is 323 g/mol. The van der Waals surface area contributed by atoms with Crippen LogP contribution in [0, 0.1) is 5.92 Å². The number of hydrogen-bond donors (Lipinski definition) is 1. The molecule has 2 fully saturated rings. The van der Waals surface area contributed by atoms with Crippen molar-refractivity contribution in [3.05, 3.63) is 71.8 Å². The number of rotatable bonds is 3. The van der Waals surface area contributed by atoms with Crippen LogP contribution in [0.2, 0.25) is 0 Å². The van der Waals surface area contributed by atoms with Gasteiger partial charge in [0.2, 0.25) is 5.91 Å². The van der Waals surface area contributed by atoms with Crippen molar-refractivity contribution in [1.82, 2.24) is 0 Å². The van der Waals surface area contributed by atoms with Crippen LogP contribution in [0.4, 0.5) is 0 Å². The van der Waals surface area contributed by atoms with Gasteiger partial charge in [-0.25, -0.2) is 0 Å². The van der Waals surface area contributed by atoms with Crippen LogP contribution < -0.4 is 5.73 Å². The molecule has 3 atom stereocenters. The van der Waals surface area contributed by atoms with E-state index in [4.69, 9.17) is 15.2 Å². The fourth-order valence-corrected chi connectivity index (χ4v) is 3.82. The van der Waals surface area contributed by atoms with E-state index in [2.05, 4.69) is 24.3 Å². The summed E-state index contributed by atoms with van der Waals surface area (Å²) in [6.45, 7) is 0. The number of carbonyl (C=O) groups is 1. The van der Waals surface area contributed by atoms with Gasteiger partial charge in [0, 0.05) is 18.8 Å². The van der Waals surface area contributed by atoms with E-state index < -0.39 is 5.79 Å². The van der Waals surface area contributed by atoms with E-state index in [0.717, 1.165) is 17.5 Å². The molecule has 1 saturated heterocycles. The van der Waals surface area contributed by atoms with Gasteiger partial charge >= 0.3 is 0 Å². The van der Waals surface area contributed by atoms with E-state index in [-0.39, 0.29) is 24.0 Å².